The average Bonchev–Trinajstić information content (AvgIpc) is 2.40. The van der Waals surface area contributed by atoms with E-state index < -0.39 is 0 Å². The molecular formula is C13H9ClN4. The summed E-state index contributed by atoms with van der Waals surface area (Å²) < 4.78 is 0. The third-order valence-corrected chi connectivity index (χ3v) is 2.80. The van der Waals surface area contributed by atoms with E-state index in [1.807, 2.05) is 42.5 Å². The molecule has 88 valence electrons. The van der Waals surface area contributed by atoms with Crippen LogP contribution in [0.2, 0.25) is 5.15 Å². The van der Waals surface area contributed by atoms with Crippen molar-refractivity contribution >= 4 is 34.0 Å². The first kappa shape index (κ1) is 10.9. The smallest absolute Gasteiger partial charge is 0.161 e. The molecule has 0 aliphatic carbocycles. The van der Waals surface area contributed by atoms with Gasteiger partial charge in [0, 0.05) is 11.1 Å². The highest BCUT2D eigenvalue weighted by atomic mass is 35.5. The Hall–Kier alpha value is -2.20. The van der Waals surface area contributed by atoms with Gasteiger partial charge in [-0.15, -0.1) is 5.10 Å². The normalized spacial score (nSPS) is 10.5. The number of benzene rings is 1. The van der Waals surface area contributed by atoms with Crippen LogP contribution in [0.15, 0.2) is 48.7 Å². The maximum atomic E-state index is 5.94. The van der Waals surface area contributed by atoms with Crippen LogP contribution in [0.5, 0.6) is 0 Å². The van der Waals surface area contributed by atoms with E-state index in [2.05, 4.69) is 20.5 Å². The fourth-order valence-corrected chi connectivity index (χ4v) is 1.88. The molecule has 0 radical (unpaired) electrons. The molecule has 0 fully saturated rings. The van der Waals surface area contributed by atoms with Crippen LogP contribution >= 0.6 is 11.6 Å². The van der Waals surface area contributed by atoms with Gasteiger partial charge in [0.2, 0.25) is 0 Å². The molecule has 0 aliphatic heterocycles. The van der Waals surface area contributed by atoms with E-state index in [1.54, 1.807) is 6.20 Å². The lowest BCUT2D eigenvalue weighted by Crippen LogP contribution is -1.94. The molecule has 2 aromatic heterocycles. The van der Waals surface area contributed by atoms with Crippen LogP contribution in [-0.4, -0.2) is 15.2 Å². The molecule has 5 heteroatoms. The molecule has 0 saturated heterocycles. The summed E-state index contributed by atoms with van der Waals surface area (Å²) in [6.45, 7) is 0. The molecule has 1 aromatic carbocycles. The van der Waals surface area contributed by atoms with Gasteiger partial charge in [0.25, 0.3) is 0 Å². The largest absolute Gasteiger partial charge is 0.340 e. The summed E-state index contributed by atoms with van der Waals surface area (Å²) in [6.07, 6.45) is 1.59. The summed E-state index contributed by atoms with van der Waals surface area (Å²) in [5, 5.41) is 11.9. The third kappa shape index (κ3) is 2.10. The quantitative estimate of drug-likeness (QED) is 0.763. The molecule has 0 amide bonds. The van der Waals surface area contributed by atoms with Gasteiger partial charge in [0.15, 0.2) is 5.15 Å². The Balaban J connectivity index is 1.99. The Morgan fingerprint density at radius 1 is 1.00 bits per heavy atom. The average molecular weight is 257 g/mol. The van der Waals surface area contributed by atoms with E-state index >= 15 is 0 Å². The number of rotatable bonds is 2. The van der Waals surface area contributed by atoms with E-state index in [-0.39, 0.29) is 0 Å². The lowest BCUT2D eigenvalue weighted by molar-refractivity contribution is 1.04. The minimum atomic E-state index is 0.367. The topological polar surface area (TPSA) is 50.7 Å². The van der Waals surface area contributed by atoms with Crippen molar-refractivity contribution in [3.8, 4) is 0 Å². The number of nitrogens with zero attached hydrogens (tertiary/aromatic N) is 3. The second-order valence-corrected chi connectivity index (χ2v) is 4.11. The van der Waals surface area contributed by atoms with Gasteiger partial charge in [0.1, 0.15) is 5.82 Å². The summed E-state index contributed by atoms with van der Waals surface area (Å²) in [5.74, 6) is 0.748. The molecule has 0 aliphatic rings. The number of anilines is 2. The number of pyridine rings is 1. The number of aromatic nitrogens is 3. The standard InChI is InChI=1S/C13H9ClN4/c14-13-10-6-7-12(17-11(10)8-15-18-13)16-9-4-2-1-3-5-9/h1-8H,(H,16,17). The van der Waals surface area contributed by atoms with Crippen LogP contribution in [0, 0.1) is 0 Å². The van der Waals surface area contributed by atoms with Gasteiger partial charge >= 0.3 is 0 Å². The summed E-state index contributed by atoms with van der Waals surface area (Å²) in [7, 11) is 0. The summed E-state index contributed by atoms with van der Waals surface area (Å²) in [6, 6.07) is 13.6. The predicted octanol–water partition coefficient (Wildman–Crippen LogP) is 3.42. The molecule has 0 atom stereocenters. The third-order valence-electron chi connectivity index (χ3n) is 2.52. The Morgan fingerprint density at radius 3 is 2.67 bits per heavy atom. The fourth-order valence-electron chi connectivity index (χ4n) is 1.67. The van der Waals surface area contributed by atoms with E-state index in [0.717, 1.165) is 22.4 Å². The van der Waals surface area contributed by atoms with Crippen molar-refractivity contribution in [2.24, 2.45) is 0 Å². The molecule has 0 spiro atoms. The molecule has 3 rings (SSSR count). The second kappa shape index (κ2) is 4.58. The number of halogens is 1. The Morgan fingerprint density at radius 2 is 1.83 bits per heavy atom. The molecule has 0 saturated carbocycles. The number of para-hydroxylation sites is 1. The van der Waals surface area contributed by atoms with Crippen molar-refractivity contribution in [3.05, 3.63) is 53.8 Å². The maximum absolute atomic E-state index is 5.94. The lowest BCUT2D eigenvalue weighted by Gasteiger charge is -2.06. The van der Waals surface area contributed by atoms with Gasteiger partial charge in [0.05, 0.1) is 11.7 Å². The van der Waals surface area contributed by atoms with Crippen LogP contribution in [0.3, 0.4) is 0 Å². The minimum absolute atomic E-state index is 0.367. The van der Waals surface area contributed by atoms with Crippen molar-refractivity contribution in [3.63, 3.8) is 0 Å². The molecular weight excluding hydrogens is 248 g/mol. The zero-order valence-electron chi connectivity index (χ0n) is 9.34. The number of hydrogen-bond donors (Lipinski definition) is 1. The zero-order valence-corrected chi connectivity index (χ0v) is 10.1. The highest BCUT2D eigenvalue weighted by Gasteiger charge is 2.03. The highest BCUT2D eigenvalue weighted by Crippen LogP contribution is 2.21. The first-order valence-corrected chi connectivity index (χ1v) is 5.81. The van der Waals surface area contributed by atoms with Crippen LogP contribution in [-0.2, 0) is 0 Å². The fraction of sp³-hybridized carbons (Fsp3) is 0. The molecule has 18 heavy (non-hydrogen) atoms. The number of hydrogen-bond acceptors (Lipinski definition) is 4. The summed E-state index contributed by atoms with van der Waals surface area (Å²) in [4.78, 5) is 4.43. The SMILES string of the molecule is Clc1nncc2nc(Nc3ccccc3)ccc12. The van der Waals surface area contributed by atoms with Gasteiger partial charge in [-0.25, -0.2) is 4.98 Å². The van der Waals surface area contributed by atoms with Crippen LogP contribution in [0.25, 0.3) is 10.9 Å². The maximum Gasteiger partial charge on any atom is 0.161 e. The van der Waals surface area contributed by atoms with Crippen LogP contribution in [0.4, 0.5) is 11.5 Å². The van der Waals surface area contributed by atoms with Gasteiger partial charge in [-0.1, -0.05) is 29.8 Å². The molecule has 4 nitrogen and oxygen atoms in total. The first-order valence-electron chi connectivity index (χ1n) is 5.43. The van der Waals surface area contributed by atoms with Crippen molar-refractivity contribution in [1.82, 2.24) is 15.2 Å². The highest BCUT2D eigenvalue weighted by molar-refractivity contribution is 6.33. The van der Waals surface area contributed by atoms with Crippen LogP contribution in [0.1, 0.15) is 0 Å². The second-order valence-electron chi connectivity index (χ2n) is 3.76. The van der Waals surface area contributed by atoms with Gasteiger partial charge in [-0.3, -0.25) is 0 Å². The minimum Gasteiger partial charge on any atom is -0.340 e. The molecule has 0 bridgehead atoms. The van der Waals surface area contributed by atoms with Crippen LogP contribution < -0.4 is 5.32 Å². The van der Waals surface area contributed by atoms with Crippen molar-refractivity contribution in [2.75, 3.05) is 5.32 Å². The first-order chi connectivity index (χ1) is 8.83. The van der Waals surface area contributed by atoms with E-state index in [0.29, 0.717) is 5.15 Å². The predicted molar refractivity (Wildman–Crippen MR) is 72.1 cm³/mol. The molecule has 3 aromatic rings. The Labute approximate surface area is 109 Å². The molecule has 2 heterocycles. The monoisotopic (exact) mass is 256 g/mol. The van der Waals surface area contributed by atoms with E-state index in [4.69, 9.17) is 11.6 Å². The van der Waals surface area contributed by atoms with Crippen molar-refractivity contribution in [2.45, 2.75) is 0 Å². The summed E-state index contributed by atoms with van der Waals surface area (Å²) >= 11 is 5.94. The van der Waals surface area contributed by atoms with E-state index in [1.165, 1.54) is 0 Å². The van der Waals surface area contributed by atoms with Gasteiger partial charge < -0.3 is 5.32 Å². The Kier molecular flexibility index (Phi) is 2.78. The summed E-state index contributed by atoms with van der Waals surface area (Å²) in [5.41, 5.74) is 1.70. The van der Waals surface area contributed by atoms with Crippen molar-refractivity contribution < 1.29 is 0 Å². The Bertz CT molecular complexity index is 685. The van der Waals surface area contributed by atoms with Crippen molar-refractivity contribution in [1.29, 1.82) is 0 Å². The molecule has 1 N–H and O–H groups in total. The molecule has 0 unspecified atom stereocenters. The van der Waals surface area contributed by atoms with E-state index in [9.17, 15) is 0 Å². The van der Waals surface area contributed by atoms with Gasteiger partial charge in [-0.05, 0) is 24.3 Å². The lowest BCUT2D eigenvalue weighted by atomic mass is 10.3. The zero-order chi connectivity index (χ0) is 12.4. The number of nitrogens with one attached hydrogen (secondary N) is 1. The van der Waals surface area contributed by atoms with Gasteiger partial charge in [-0.2, -0.15) is 5.10 Å². The number of fused-ring (bicyclic) bond motifs is 1.